The van der Waals surface area contributed by atoms with E-state index in [9.17, 15) is 4.79 Å². The Bertz CT molecular complexity index is 926. The van der Waals surface area contributed by atoms with Gasteiger partial charge in [0, 0.05) is 17.3 Å². The molecule has 0 saturated heterocycles. The molecule has 0 atom stereocenters. The predicted octanol–water partition coefficient (Wildman–Crippen LogP) is 4.22. The van der Waals surface area contributed by atoms with Crippen molar-refractivity contribution in [3.05, 3.63) is 52.8 Å². The molecule has 1 aliphatic carbocycles. The molecule has 3 aromatic rings. The second-order valence-electron chi connectivity index (χ2n) is 6.28. The van der Waals surface area contributed by atoms with Crippen LogP contribution in [-0.4, -0.2) is 16.0 Å². The molecule has 1 fully saturated rings. The summed E-state index contributed by atoms with van der Waals surface area (Å²) in [7, 11) is 0. The third-order valence-electron chi connectivity index (χ3n) is 4.52. The summed E-state index contributed by atoms with van der Waals surface area (Å²) in [6, 6.07) is 9.76. The Balaban J connectivity index is 1.77. The van der Waals surface area contributed by atoms with Crippen LogP contribution in [0, 0.1) is 6.92 Å². The van der Waals surface area contributed by atoms with Crippen molar-refractivity contribution >= 4 is 22.7 Å². The van der Waals surface area contributed by atoms with Crippen molar-refractivity contribution in [1.29, 1.82) is 0 Å². The third-order valence-corrected chi connectivity index (χ3v) is 4.52. The maximum absolute atomic E-state index is 12.9. The van der Waals surface area contributed by atoms with E-state index in [2.05, 4.69) is 22.4 Å². The quantitative estimate of drug-likeness (QED) is 0.781. The molecule has 0 bridgehead atoms. The average Bonchev–Trinajstić information content (AvgIpc) is 3.38. The van der Waals surface area contributed by atoms with Gasteiger partial charge in [-0.2, -0.15) is 0 Å². The number of para-hydroxylation sites is 1. The van der Waals surface area contributed by atoms with E-state index in [0.717, 1.165) is 36.2 Å². The highest BCUT2D eigenvalue weighted by atomic mass is 16.5. The average molecular weight is 321 g/mol. The van der Waals surface area contributed by atoms with Crippen LogP contribution in [0.5, 0.6) is 0 Å². The number of rotatable bonds is 4. The van der Waals surface area contributed by atoms with Gasteiger partial charge in [-0.25, -0.2) is 4.98 Å². The van der Waals surface area contributed by atoms with Gasteiger partial charge in [0.2, 0.25) is 0 Å². The van der Waals surface area contributed by atoms with Crippen LogP contribution in [0.25, 0.3) is 11.1 Å². The molecule has 1 amide bonds. The first-order valence-electron chi connectivity index (χ1n) is 8.33. The number of carbonyl (C=O) groups is 1. The number of nitrogens with one attached hydrogen (secondary N) is 1. The highest BCUT2D eigenvalue weighted by Gasteiger charge is 2.28. The zero-order chi connectivity index (χ0) is 16.7. The van der Waals surface area contributed by atoms with Crippen molar-refractivity contribution in [1.82, 2.24) is 10.1 Å². The van der Waals surface area contributed by atoms with Gasteiger partial charge in [-0.1, -0.05) is 30.3 Å². The summed E-state index contributed by atoms with van der Waals surface area (Å²) in [5.74, 6) is 0.297. The summed E-state index contributed by atoms with van der Waals surface area (Å²) in [5.41, 5.74) is 4.61. The molecule has 0 unspecified atom stereocenters. The normalized spacial score (nSPS) is 14.1. The number of aromatic nitrogens is 2. The zero-order valence-corrected chi connectivity index (χ0v) is 13.8. The number of carbonyl (C=O) groups excluding carboxylic acids is 1. The van der Waals surface area contributed by atoms with Crippen molar-refractivity contribution in [2.24, 2.45) is 0 Å². The fraction of sp³-hybridized carbons (Fsp3) is 0.316. The monoisotopic (exact) mass is 321 g/mol. The molecule has 122 valence electrons. The maximum atomic E-state index is 12.9. The molecule has 0 aliphatic heterocycles. The molecule has 2 aromatic heterocycles. The first kappa shape index (κ1) is 14.9. The Morgan fingerprint density at radius 2 is 2.12 bits per heavy atom. The molecular formula is C19H19N3O2. The highest BCUT2D eigenvalue weighted by molar-refractivity contribution is 6.12. The lowest BCUT2D eigenvalue weighted by atomic mass is 10.1. The Morgan fingerprint density at radius 3 is 2.88 bits per heavy atom. The van der Waals surface area contributed by atoms with Crippen LogP contribution in [0.15, 0.2) is 34.9 Å². The van der Waals surface area contributed by atoms with Gasteiger partial charge in [0.15, 0.2) is 0 Å². The molecular weight excluding hydrogens is 302 g/mol. The summed E-state index contributed by atoms with van der Waals surface area (Å²) in [4.78, 5) is 17.5. The molecule has 2 heterocycles. The molecule has 0 radical (unpaired) electrons. The van der Waals surface area contributed by atoms with Gasteiger partial charge in [-0.3, -0.25) is 4.79 Å². The van der Waals surface area contributed by atoms with Crippen LogP contribution in [0.2, 0.25) is 0 Å². The summed E-state index contributed by atoms with van der Waals surface area (Å²) >= 11 is 0. The van der Waals surface area contributed by atoms with E-state index in [4.69, 9.17) is 4.52 Å². The molecule has 0 spiro atoms. The predicted molar refractivity (Wildman–Crippen MR) is 92.3 cm³/mol. The fourth-order valence-corrected chi connectivity index (χ4v) is 3.02. The minimum atomic E-state index is -0.142. The minimum absolute atomic E-state index is 0.142. The first-order chi connectivity index (χ1) is 11.7. The fourth-order valence-electron chi connectivity index (χ4n) is 3.02. The summed E-state index contributed by atoms with van der Waals surface area (Å²) in [6.07, 6.45) is 3.10. The van der Waals surface area contributed by atoms with Crippen molar-refractivity contribution in [2.75, 3.05) is 5.32 Å². The molecule has 1 N–H and O–H groups in total. The van der Waals surface area contributed by atoms with Gasteiger partial charge in [0.25, 0.3) is 11.6 Å². The number of nitrogens with zero attached hydrogens (tertiary/aromatic N) is 2. The minimum Gasteiger partial charge on any atom is -0.336 e. The number of fused-ring (bicyclic) bond motifs is 1. The molecule has 5 heteroatoms. The lowest BCUT2D eigenvalue weighted by Gasteiger charge is -2.11. The topological polar surface area (TPSA) is 68.0 Å². The molecule has 4 rings (SSSR count). The van der Waals surface area contributed by atoms with Crippen molar-refractivity contribution in [3.63, 3.8) is 0 Å². The van der Waals surface area contributed by atoms with Crippen LogP contribution in [0.1, 0.15) is 53.0 Å². The molecule has 5 nitrogen and oxygen atoms in total. The van der Waals surface area contributed by atoms with Gasteiger partial charge < -0.3 is 9.84 Å². The van der Waals surface area contributed by atoms with Gasteiger partial charge in [-0.05, 0) is 43.9 Å². The number of hydrogen-bond acceptors (Lipinski definition) is 4. The van der Waals surface area contributed by atoms with Crippen molar-refractivity contribution in [2.45, 2.75) is 39.0 Å². The maximum Gasteiger partial charge on any atom is 0.259 e. The zero-order valence-electron chi connectivity index (χ0n) is 13.8. The van der Waals surface area contributed by atoms with Crippen molar-refractivity contribution < 1.29 is 9.32 Å². The van der Waals surface area contributed by atoms with E-state index in [1.807, 2.05) is 37.3 Å². The Labute approximate surface area is 140 Å². The van der Waals surface area contributed by atoms with E-state index in [0.29, 0.717) is 28.3 Å². The van der Waals surface area contributed by atoms with Crippen LogP contribution >= 0.6 is 0 Å². The van der Waals surface area contributed by atoms with Crippen LogP contribution < -0.4 is 5.32 Å². The Kier molecular flexibility index (Phi) is 3.56. The Hall–Kier alpha value is -2.69. The Morgan fingerprint density at radius 1 is 1.33 bits per heavy atom. The first-order valence-corrected chi connectivity index (χ1v) is 8.33. The van der Waals surface area contributed by atoms with E-state index >= 15 is 0 Å². The van der Waals surface area contributed by atoms with E-state index in [1.165, 1.54) is 0 Å². The molecule has 1 aromatic carbocycles. The van der Waals surface area contributed by atoms with Crippen LogP contribution in [0.4, 0.5) is 5.69 Å². The number of aryl methyl sites for hydroxylation is 2. The lowest BCUT2D eigenvalue weighted by molar-refractivity contribution is 0.102. The van der Waals surface area contributed by atoms with E-state index in [-0.39, 0.29) is 5.91 Å². The number of hydrogen-bond donors (Lipinski definition) is 1. The summed E-state index contributed by atoms with van der Waals surface area (Å²) < 4.78 is 5.31. The second kappa shape index (κ2) is 5.74. The number of amides is 1. The summed E-state index contributed by atoms with van der Waals surface area (Å²) in [6.45, 7) is 3.91. The standard InChI is InChI=1S/C19H19N3O2/c1-3-12-6-4-5-7-15(12)20-18(23)14-10-16(13-8-9-13)21-19-17(14)11(2)22-24-19/h4-7,10,13H,3,8-9H2,1-2H3,(H,20,23). The SMILES string of the molecule is CCc1ccccc1NC(=O)c1cc(C2CC2)nc2onc(C)c12. The van der Waals surface area contributed by atoms with Crippen LogP contribution in [0.3, 0.4) is 0 Å². The van der Waals surface area contributed by atoms with Gasteiger partial charge >= 0.3 is 0 Å². The largest absolute Gasteiger partial charge is 0.336 e. The van der Waals surface area contributed by atoms with E-state index in [1.54, 1.807) is 0 Å². The van der Waals surface area contributed by atoms with Gasteiger partial charge in [0.1, 0.15) is 0 Å². The number of benzene rings is 1. The van der Waals surface area contributed by atoms with Crippen molar-refractivity contribution in [3.8, 4) is 0 Å². The molecule has 1 aliphatic rings. The van der Waals surface area contributed by atoms with Gasteiger partial charge in [0.05, 0.1) is 16.6 Å². The third kappa shape index (κ3) is 2.56. The highest BCUT2D eigenvalue weighted by Crippen LogP contribution is 2.40. The second-order valence-corrected chi connectivity index (χ2v) is 6.28. The van der Waals surface area contributed by atoms with E-state index < -0.39 is 0 Å². The smallest absolute Gasteiger partial charge is 0.259 e. The number of anilines is 1. The lowest BCUT2D eigenvalue weighted by Crippen LogP contribution is -2.14. The number of pyridine rings is 1. The van der Waals surface area contributed by atoms with Crippen LogP contribution in [-0.2, 0) is 6.42 Å². The summed E-state index contributed by atoms with van der Waals surface area (Å²) in [5, 5.41) is 7.72. The molecule has 1 saturated carbocycles. The molecule has 24 heavy (non-hydrogen) atoms. The van der Waals surface area contributed by atoms with Gasteiger partial charge in [-0.15, -0.1) is 0 Å².